The molecule has 94 valence electrons. The van der Waals surface area contributed by atoms with Gasteiger partial charge in [0.2, 0.25) is 0 Å². The predicted molar refractivity (Wildman–Crippen MR) is 70.0 cm³/mol. The maximum absolute atomic E-state index is 12.4. The number of fused-ring (bicyclic) bond motifs is 1. The summed E-state index contributed by atoms with van der Waals surface area (Å²) in [5.74, 6) is 0. The molecule has 0 radical (unpaired) electrons. The Morgan fingerprint density at radius 1 is 1.28 bits per heavy atom. The fourth-order valence-corrected chi connectivity index (χ4v) is 2.61. The molecule has 2 aromatic rings. The first kappa shape index (κ1) is 11.2. The molecule has 1 fully saturated rings. The summed E-state index contributed by atoms with van der Waals surface area (Å²) >= 11 is 0. The van der Waals surface area contributed by atoms with Gasteiger partial charge in [0.05, 0.1) is 16.9 Å². The number of hydrogen-bond acceptors (Lipinski definition) is 3. The Hall–Kier alpha value is -1.88. The van der Waals surface area contributed by atoms with Gasteiger partial charge in [0.15, 0.2) is 0 Å². The summed E-state index contributed by atoms with van der Waals surface area (Å²) in [6, 6.07) is 7.21. The van der Waals surface area contributed by atoms with Crippen LogP contribution >= 0.6 is 0 Å². The van der Waals surface area contributed by atoms with Crippen molar-refractivity contribution >= 4 is 10.9 Å². The van der Waals surface area contributed by atoms with Crippen molar-refractivity contribution in [2.24, 2.45) is 7.05 Å². The minimum absolute atomic E-state index is 0.0270. The van der Waals surface area contributed by atoms with Crippen LogP contribution < -0.4 is 16.6 Å². The highest BCUT2D eigenvalue weighted by Crippen LogP contribution is 2.12. The molecule has 18 heavy (non-hydrogen) atoms. The highest BCUT2D eigenvalue weighted by molar-refractivity contribution is 5.77. The van der Waals surface area contributed by atoms with Crippen molar-refractivity contribution in [2.45, 2.75) is 12.5 Å². The molecule has 1 saturated heterocycles. The Labute approximate surface area is 104 Å². The van der Waals surface area contributed by atoms with E-state index in [1.807, 2.05) is 12.1 Å². The average molecular weight is 245 g/mol. The van der Waals surface area contributed by atoms with Crippen LogP contribution in [0.3, 0.4) is 0 Å². The van der Waals surface area contributed by atoms with Crippen molar-refractivity contribution in [1.82, 2.24) is 14.5 Å². The van der Waals surface area contributed by atoms with Gasteiger partial charge in [-0.3, -0.25) is 13.9 Å². The molecule has 1 aromatic heterocycles. The lowest BCUT2D eigenvalue weighted by molar-refractivity contribution is 0.493. The lowest BCUT2D eigenvalue weighted by atomic mass is 10.2. The van der Waals surface area contributed by atoms with E-state index in [-0.39, 0.29) is 17.3 Å². The van der Waals surface area contributed by atoms with Gasteiger partial charge in [0, 0.05) is 13.6 Å². The molecule has 0 bridgehead atoms. The third-order valence-electron chi connectivity index (χ3n) is 3.61. The Morgan fingerprint density at radius 3 is 2.78 bits per heavy atom. The minimum Gasteiger partial charge on any atom is -0.315 e. The number of nitrogens with zero attached hydrogens (tertiary/aromatic N) is 2. The second-order valence-corrected chi connectivity index (χ2v) is 4.68. The number of hydrogen-bond donors (Lipinski definition) is 1. The summed E-state index contributed by atoms with van der Waals surface area (Å²) in [6.45, 7) is 1.54. The largest absolute Gasteiger partial charge is 0.331 e. The molecule has 1 aliphatic rings. The quantitative estimate of drug-likeness (QED) is 0.782. The second-order valence-electron chi connectivity index (χ2n) is 4.68. The van der Waals surface area contributed by atoms with Gasteiger partial charge in [0.25, 0.3) is 5.56 Å². The number of para-hydroxylation sites is 1. The zero-order valence-corrected chi connectivity index (χ0v) is 10.2. The van der Waals surface area contributed by atoms with Crippen LogP contribution in [-0.4, -0.2) is 22.2 Å². The SMILES string of the molecule is Cn1c(=O)n([C@@H]2CCNC2)c(=O)c2ccccc21. The Morgan fingerprint density at radius 2 is 2.06 bits per heavy atom. The smallest absolute Gasteiger partial charge is 0.315 e. The monoisotopic (exact) mass is 245 g/mol. The van der Waals surface area contributed by atoms with Crippen LogP contribution in [0.4, 0.5) is 0 Å². The van der Waals surface area contributed by atoms with E-state index in [4.69, 9.17) is 0 Å². The minimum atomic E-state index is -0.229. The number of aromatic nitrogens is 2. The molecule has 3 rings (SSSR count). The fraction of sp³-hybridized carbons (Fsp3) is 0.385. The van der Waals surface area contributed by atoms with Gasteiger partial charge >= 0.3 is 5.69 Å². The van der Waals surface area contributed by atoms with Crippen LogP contribution in [0.15, 0.2) is 33.9 Å². The van der Waals surface area contributed by atoms with E-state index < -0.39 is 0 Å². The van der Waals surface area contributed by atoms with Crippen LogP contribution in [0.25, 0.3) is 10.9 Å². The molecule has 1 N–H and O–H groups in total. The van der Waals surface area contributed by atoms with Gasteiger partial charge in [0.1, 0.15) is 0 Å². The molecule has 1 aliphatic heterocycles. The van der Waals surface area contributed by atoms with Gasteiger partial charge in [-0.2, -0.15) is 0 Å². The lowest BCUT2D eigenvalue weighted by Crippen LogP contribution is -2.42. The van der Waals surface area contributed by atoms with Gasteiger partial charge in [-0.25, -0.2) is 4.79 Å². The number of aryl methyl sites for hydroxylation is 1. The number of rotatable bonds is 1. The average Bonchev–Trinajstić information content (AvgIpc) is 2.90. The first-order valence-electron chi connectivity index (χ1n) is 6.11. The van der Waals surface area contributed by atoms with Crippen LogP contribution in [0.2, 0.25) is 0 Å². The van der Waals surface area contributed by atoms with E-state index in [1.54, 1.807) is 23.7 Å². The van der Waals surface area contributed by atoms with E-state index in [2.05, 4.69) is 5.32 Å². The zero-order valence-electron chi connectivity index (χ0n) is 10.2. The van der Waals surface area contributed by atoms with Crippen LogP contribution in [0.1, 0.15) is 12.5 Å². The molecular weight excluding hydrogens is 230 g/mol. The standard InChI is InChI=1S/C13H15N3O2/c1-15-11-5-3-2-4-10(11)12(17)16(13(15)18)9-6-7-14-8-9/h2-5,9,14H,6-8H2,1H3/t9-/m1/s1. The summed E-state index contributed by atoms with van der Waals surface area (Å²) in [6.07, 6.45) is 0.827. The Kier molecular flexibility index (Phi) is 2.56. The van der Waals surface area contributed by atoms with Crippen molar-refractivity contribution in [2.75, 3.05) is 13.1 Å². The highest BCUT2D eigenvalue weighted by atomic mass is 16.2. The number of benzene rings is 1. The molecule has 1 atom stereocenters. The summed E-state index contributed by atoms with van der Waals surface area (Å²) in [7, 11) is 1.71. The second kappa shape index (κ2) is 4.10. The fourth-order valence-electron chi connectivity index (χ4n) is 2.61. The summed E-state index contributed by atoms with van der Waals surface area (Å²) in [5.41, 5.74) is 0.282. The van der Waals surface area contributed by atoms with Crippen molar-refractivity contribution in [3.63, 3.8) is 0 Å². The van der Waals surface area contributed by atoms with Crippen LogP contribution in [-0.2, 0) is 7.05 Å². The van der Waals surface area contributed by atoms with Gasteiger partial charge < -0.3 is 5.32 Å². The van der Waals surface area contributed by atoms with E-state index in [9.17, 15) is 9.59 Å². The van der Waals surface area contributed by atoms with Crippen molar-refractivity contribution in [3.8, 4) is 0 Å². The number of nitrogens with one attached hydrogen (secondary N) is 1. The summed E-state index contributed by atoms with van der Waals surface area (Å²) < 4.78 is 2.94. The topological polar surface area (TPSA) is 56.0 Å². The molecule has 5 nitrogen and oxygen atoms in total. The molecular formula is C13H15N3O2. The van der Waals surface area contributed by atoms with E-state index in [0.29, 0.717) is 17.4 Å². The third-order valence-corrected chi connectivity index (χ3v) is 3.61. The lowest BCUT2D eigenvalue weighted by Gasteiger charge is -2.15. The van der Waals surface area contributed by atoms with Crippen molar-refractivity contribution in [3.05, 3.63) is 45.1 Å². The molecule has 1 aromatic carbocycles. The molecule has 5 heteroatoms. The summed E-state index contributed by atoms with van der Waals surface area (Å²) in [5, 5.41) is 3.79. The molecule has 0 spiro atoms. The first-order chi connectivity index (χ1) is 8.70. The zero-order chi connectivity index (χ0) is 12.7. The highest BCUT2D eigenvalue weighted by Gasteiger charge is 2.21. The molecule has 0 unspecified atom stereocenters. The molecule has 2 heterocycles. The van der Waals surface area contributed by atoms with E-state index in [0.717, 1.165) is 13.0 Å². The van der Waals surface area contributed by atoms with Gasteiger partial charge in [-0.05, 0) is 25.1 Å². The van der Waals surface area contributed by atoms with Gasteiger partial charge in [-0.1, -0.05) is 12.1 Å². The van der Waals surface area contributed by atoms with Gasteiger partial charge in [-0.15, -0.1) is 0 Å². The van der Waals surface area contributed by atoms with Crippen LogP contribution in [0.5, 0.6) is 0 Å². The van der Waals surface area contributed by atoms with Crippen LogP contribution in [0, 0.1) is 0 Å². The van der Waals surface area contributed by atoms with E-state index in [1.165, 1.54) is 4.57 Å². The normalized spacial score (nSPS) is 19.5. The Balaban J connectivity index is 2.39. The van der Waals surface area contributed by atoms with E-state index >= 15 is 0 Å². The predicted octanol–water partition coefficient (Wildman–Crippen LogP) is 0.235. The summed E-state index contributed by atoms with van der Waals surface area (Å²) in [4.78, 5) is 24.7. The van der Waals surface area contributed by atoms with Crippen molar-refractivity contribution in [1.29, 1.82) is 0 Å². The maximum Gasteiger partial charge on any atom is 0.331 e. The molecule has 0 amide bonds. The Bertz CT molecular complexity index is 708. The third kappa shape index (κ3) is 1.51. The maximum atomic E-state index is 12.4. The first-order valence-corrected chi connectivity index (χ1v) is 6.11. The van der Waals surface area contributed by atoms with Crippen molar-refractivity contribution < 1.29 is 0 Å². The molecule has 0 aliphatic carbocycles. The molecule has 0 saturated carbocycles.